The van der Waals surface area contributed by atoms with E-state index < -0.39 is 5.60 Å². The van der Waals surface area contributed by atoms with Crippen molar-refractivity contribution in [1.82, 2.24) is 4.90 Å². The fourth-order valence-corrected chi connectivity index (χ4v) is 2.51. The molecule has 0 radical (unpaired) electrons. The lowest BCUT2D eigenvalue weighted by atomic mass is 9.94. The molecule has 108 valence electrons. The van der Waals surface area contributed by atoms with Crippen LogP contribution < -0.4 is 0 Å². The molecule has 1 heterocycles. The third-order valence-corrected chi connectivity index (χ3v) is 3.60. The van der Waals surface area contributed by atoms with E-state index in [0.717, 1.165) is 6.42 Å². The number of amides is 1. The minimum Gasteiger partial charge on any atom is -0.466 e. The molecule has 2 atom stereocenters. The molecule has 0 aromatic heterocycles. The lowest BCUT2D eigenvalue weighted by Crippen LogP contribution is -2.52. The van der Waals surface area contributed by atoms with Gasteiger partial charge in [0.2, 0.25) is 0 Å². The van der Waals surface area contributed by atoms with Crippen LogP contribution in [0.3, 0.4) is 0 Å². The van der Waals surface area contributed by atoms with Gasteiger partial charge in [-0.2, -0.15) is 0 Å². The van der Waals surface area contributed by atoms with Gasteiger partial charge in [-0.25, -0.2) is 4.79 Å². The van der Waals surface area contributed by atoms with E-state index in [4.69, 9.17) is 9.47 Å². The molecule has 5 nitrogen and oxygen atoms in total. The van der Waals surface area contributed by atoms with Gasteiger partial charge in [0.1, 0.15) is 5.60 Å². The van der Waals surface area contributed by atoms with Gasteiger partial charge >= 0.3 is 12.1 Å². The van der Waals surface area contributed by atoms with E-state index in [1.54, 1.807) is 4.90 Å². The second-order valence-corrected chi connectivity index (χ2v) is 6.40. The molecule has 1 saturated carbocycles. The van der Waals surface area contributed by atoms with E-state index in [0.29, 0.717) is 31.5 Å². The van der Waals surface area contributed by atoms with Crippen molar-refractivity contribution in [2.75, 3.05) is 19.7 Å². The minimum atomic E-state index is -0.449. The van der Waals surface area contributed by atoms with Crippen molar-refractivity contribution in [2.24, 2.45) is 17.8 Å². The lowest BCUT2D eigenvalue weighted by molar-refractivity contribution is -0.145. The fraction of sp³-hybridized carbons (Fsp3) is 0.857. The maximum Gasteiger partial charge on any atom is 0.410 e. The Bertz CT molecular complexity index is 368. The van der Waals surface area contributed by atoms with E-state index in [9.17, 15) is 9.59 Å². The predicted octanol–water partition coefficient (Wildman–Crippen LogP) is 2.05. The van der Waals surface area contributed by atoms with E-state index in [2.05, 4.69) is 0 Å². The van der Waals surface area contributed by atoms with Gasteiger partial charge in [-0.05, 0) is 46.0 Å². The molecule has 1 aliphatic carbocycles. The largest absolute Gasteiger partial charge is 0.466 e. The summed E-state index contributed by atoms with van der Waals surface area (Å²) in [7, 11) is 0. The second-order valence-electron chi connectivity index (χ2n) is 6.40. The van der Waals surface area contributed by atoms with Gasteiger partial charge in [-0.15, -0.1) is 0 Å². The third-order valence-electron chi connectivity index (χ3n) is 3.60. The van der Waals surface area contributed by atoms with Gasteiger partial charge in [0.25, 0.3) is 0 Å². The number of esters is 1. The summed E-state index contributed by atoms with van der Waals surface area (Å²) in [6.07, 6.45) is 0.656. The Morgan fingerprint density at radius 3 is 2.42 bits per heavy atom. The molecule has 2 fully saturated rings. The van der Waals surface area contributed by atoms with Crippen molar-refractivity contribution in [2.45, 2.75) is 39.7 Å². The SMILES string of the molecule is CCOC(=O)C1CC1C1CN(C(=O)OC(C)(C)C)C1. The quantitative estimate of drug-likeness (QED) is 0.736. The molecular formula is C14H23NO4. The molecule has 0 N–H and O–H groups in total. The Balaban J connectivity index is 1.70. The number of nitrogens with zero attached hydrogens (tertiary/aromatic N) is 1. The number of rotatable bonds is 3. The van der Waals surface area contributed by atoms with Crippen LogP contribution in [0.1, 0.15) is 34.1 Å². The zero-order valence-electron chi connectivity index (χ0n) is 12.1. The Hall–Kier alpha value is -1.26. The highest BCUT2D eigenvalue weighted by Gasteiger charge is 2.52. The summed E-state index contributed by atoms with van der Waals surface area (Å²) in [5, 5.41) is 0. The summed E-state index contributed by atoms with van der Waals surface area (Å²) >= 11 is 0. The summed E-state index contributed by atoms with van der Waals surface area (Å²) < 4.78 is 10.3. The summed E-state index contributed by atoms with van der Waals surface area (Å²) in [5.74, 6) is 0.814. The van der Waals surface area contributed by atoms with Crippen molar-refractivity contribution < 1.29 is 19.1 Å². The highest BCUT2D eigenvalue weighted by molar-refractivity contribution is 5.76. The first kappa shape index (κ1) is 14.2. The van der Waals surface area contributed by atoms with Crippen LogP contribution in [0.2, 0.25) is 0 Å². The van der Waals surface area contributed by atoms with Crippen molar-refractivity contribution in [3.63, 3.8) is 0 Å². The highest BCUT2D eigenvalue weighted by atomic mass is 16.6. The number of likely N-dealkylation sites (tertiary alicyclic amines) is 1. The van der Waals surface area contributed by atoms with Gasteiger partial charge in [0.15, 0.2) is 0 Å². The summed E-state index contributed by atoms with van der Waals surface area (Å²) in [5.41, 5.74) is -0.449. The molecule has 0 aromatic carbocycles. The number of hydrogen-bond acceptors (Lipinski definition) is 4. The van der Waals surface area contributed by atoms with Gasteiger partial charge in [-0.1, -0.05) is 0 Å². The van der Waals surface area contributed by atoms with Gasteiger partial charge in [0.05, 0.1) is 12.5 Å². The molecule has 2 rings (SSSR count). The number of ether oxygens (including phenoxy) is 2. The van der Waals surface area contributed by atoms with Crippen LogP contribution in [0, 0.1) is 17.8 Å². The van der Waals surface area contributed by atoms with Crippen molar-refractivity contribution >= 4 is 12.1 Å². The first-order chi connectivity index (χ1) is 8.81. The average molecular weight is 269 g/mol. The van der Waals surface area contributed by atoms with Crippen LogP contribution in [0.25, 0.3) is 0 Å². The summed E-state index contributed by atoms with van der Waals surface area (Å²) in [6.45, 7) is 9.25. The van der Waals surface area contributed by atoms with E-state index in [1.165, 1.54) is 0 Å². The Labute approximate surface area is 114 Å². The van der Waals surface area contributed by atoms with Crippen molar-refractivity contribution in [3.8, 4) is 0 Å². The monoisotopic (exact) mass is 269 g/mol. The highest BCUT2D eigenvalue weighted by Crippen LogP contribution is 2.48. The number of hydrogen-bond donors (Lipinski definition) is 0. The van der Waals surface area contributed by atoms with Crippen LogP contribution in [-0.2, 0) is 14.3 Å². The van der Waals surface area contributed by atoms with Gasteiger partial charge in [0, 0.05) is 13.1 Å². The molecule has 0 bridgehead atoms. The molecule has 19 heavy (non-hydrogen) atoms. The number of carbonyl (C=O) groups excluding carboxylic acids is 2. The van der Waals surface area contributed by atoms with E-state index in [1.807, 2.05) is 27.7 Å². The van der Waals surface area contributed by atoms with Crippen molar-refractivity contribution in [3.05, 3.63) is 0 Å². The third kappa shape index (κ3) is 3.39. The Kier molecular flexibility index (Phi) is 3.74. The molecule has 2 aliphatic rings. The molecule has 0 aromatic rings. The van der Waals surface area contributed by atoms with Crippen LogP contribution >= 0.6 is 0 Å². The predicted molar refractivity (Wildman–Crippen MR) is 69.5 cm³/mol. The van der Waals surface area contributed by atoms with Crippen LogP contribution in [0.15, 0.2) is 0 Å². The van der Waals surface area contributed by atoms with Gasteiger partial charge < -0.3 is 14.4 Å². The second kappa shape index (κ2) is 5.02. The van der Waals surface area contributed by atoms with Crippen LogP contribution in [0.5, 0.6) is 0 Å². The van der Waals surface area contributed by atoms with Crippen LogP contribution in [-0.4, -0.2) is 42.3 Å². The first-order valence-electron chi connectivity index (χ1n) is 6.96. The maximum absolute atomic E-state index is 11.8. The van der Waals surface area contributed by atoms with Gasteiger partial charge in [-0.3, -0.25) is 4.79 Å². The molecule has 5 heteroatoms. The standard InChI is InChI=1S/C14H23NO4/c1-5-18-12(16)11-6-10(11)9-7-15(8-9)13(17)19-14(2,3)4/h9-11H,5-8H2,1-4H3. The lowest BCUT2D eigenvalue weighted by Gasteiger charge is -2.40. The topological polar surface area (TPSA) is 55.8 Å². The summed E-state index contributed by atoms with van der Waals surface area (Å²) in [6, 6.07) is 0. The smallest absolute Gasteiger partial charge is 0.410 e. The van der Waals surface area contributed by atoms with E-state index in [-0.39, 0.29) is 18.0 Å². The Morgan fingerprint density at radius 1 is 1.26 bits per heavy atom. The summed E-state index contributed by atoms with van der Waals surface area (Å²) in [4.78, 5) is 25.0. The average Bonchev–Trinajstić information content (AvgIpc) is 2.92. The molecule has 2 unspecified atom stereocenters. The van der Waals surface area contributed by atoms with Crippen LogP contribution in [0.4, 0.5) is 4.79 Å². The maximum atomic E-state index is 11.8. The molecular weight excluding hydrogens is 246 g/mol. The molecule has 0 spiro atoms. The first-order valence-corrected chi connectivity index (χ1v) is 6.96. The zero-order chi connectivity index (χ0) is 14.2. The van der Waals surface area contributed by atoms with Crippen molar-refractivity contribution in [1.29, 1.82) is 0 Å². The zero-order valence-corrected chi connectivity index (χ0v) is 12.1. The molecule has 1 amide bonds. The minimum absolute atomic E-state index is 0.0609. The fourth-order valence-electron chi connectivity index (χ4n) is 2.51. The number of carbonyl (C=O) groups is 2. The normalized spacial score (nSPS) is 26.6. The van der Waals surface area contributed by atoms with E-state index >= 15 is 0 Å². The molecule has 1 aliphatic heterocycles. The Morgan fingerprint density at radius 2 is 1.89 bits per heavy atom. The molecule has 1 saturated heterocycles.